The molecule has 0 aromatic heterocycles. The number of hydrogen-bond acceptors (Lipinski definition) is 5. The van der Waals surface area contributed by atoms with Crippen LogP contribution in [-0.2, 0) is 12.0 Å². The molecule has 24 heavy (non-hydrogen) atoms. The lowest BCUT2D eigenvalue weighted by Gasteiger charge is -2.26. The van der Waals surface area contributed by atoms with Gasteiger partial charge in [-0.05, 0) is 23.8 Å². The van der Waals surface area contributed by atoms with E-state index < -0.39 is 0 Å². The van der Waals surface area contributed by atoms with Gasteiger partial charge in [0.25, 0.3) is 0 Å². The summed E-state index contributed by atoms with van der Waals surface area (Å²) < 4.78 is 21.8. The topological polar surface area (TPSA) is 49.0 Å². The molecule has 0 fully saturated rings. The molecule has 0 radical (unpaired) electrons. The summed E-state index contributed by atoms with van der Waals surface area (Å²) in [6.45, 7) is 6.60. The zero-order valence-corrected chi connectivity index (χ0v) is 13.9. The fourth-order valence-corrected chi connectivity index (χ4v) is 3.06. The van der Waals surface area contributed by atoms with Crippen LogP contribution < -0.4 is 24.3 Å². The second-order valence-electron chi connectivity index (χ2n) is 6.71. The predicted octanol–water partition coefficient (Wildman–Crippen LogP) is 3.21. The van der Waals surface area contributed by atoms with Gasteiger partial charge >= 0.3 is 0 Å². The van der Waals surface area contributed by atoms with Crippen molar-refractivity contribution in [1.29, 1.82) is 0 Å². The predicted molar refractivity (Wildman–Crippen MR) is 89.9 cm³/mol. The Morgan fingerprint density at radius 3 is 2.62 bits per heavy atom. The molecule has 2 aliphatic heterocycles. The van der Waals surface area contributed by atoms with Crippen LogP contribution in [0, 0.1) is 0 Å². The monoisotopic (exact) mass is 327 g/mol. The van der Waals surface area contributed by atoms with Crippen molar-refractivity contribution in [3.05, 3.63) is 47.5 Å². The largest absolute Gasteiger partial charge is 0.454 e. The third-order valence-corrected chi connectivity index (χ3v) is 4.51. The maximum absolute atomic E-state index is 5.55. The molecule has 1 N–H and O–H groups in total. The smallest absolute Gasteiger partial charge is 0.231 e. The molecule has 2 aromatic rings. The Balaban J connectivity index is 1.43. The summed E-state index contributed by atoms with van der Waals surface area (Å²) >= 11 is 0. The van der Waals surface area contributed by atoms with Crippen molar-refractivity contribution in [2.45, 2.75) is 25.8 Å². The van der Waals surface area contributed by atoms with E-state index in [0.29, 0.717) is 13.6 Å². The summed E-state index contributed by atoms with van der Waals surface area (Å²) in [5.41, 5.74) is 2.31. The van der Waals surface area contributed by atoms with Gasteiger partial charge in [-0.3, -0.25) is 0 Å². The van der Waals surface area contributed by atoms with E-state index in [2.05, 4.69) is 37.4 Å². The molecular weight excluding hydrogens is 306 g/mol. The van der Waals surface area contributed by atoms with E-state index >= 15 is 0 Å². The third-order valence-electron chi connectivity index (χ3n) is 4.51. The van der Waals surface area contributed by atoms with E-state index in [9.17, 15) is 0 Å². The molecule has 0 aliphatic carbocycles. The van der Waals surface area contributed by atoms with E-state index in [1.165, 1.54) is 5.56 Å². The van der Waals surface area contributed by atoms with Gasteiger partial charge in [-0.1, -0.05) is 32.0 Å². The van der Waals surface area contributed by atoms with Crippen LogP contribution in [0.5, 0.6) is 23.0 Å². The van der Waals surface area contributed by atoms with Crippen LogP contribution in [0.2, 0.25) is 0 Å². The minimum absolute atomic E-state index is 0.0315. The van der Waals surface area contributed by atoms with E-state index in [1.54, 1.807) is 0 Å². The summed E-state index contributed by atoms with van der Waals surface area (Å²) in [4.78, 5) is 0. The van der Waals surface area contributed by atoms with Crippen LogP contribution in [-0.4, -0.2) is 20.1 Å². The van der Waals surface area contributed by atoms with Gasteiger partial charge in [-0.25, -0.2) is 0 Å². The normalized spacial score (nSPS) is 14.9. The van der Waals surface area contributed by atoms with E-state index in [-0.39, 0.29) is 5.41 Å². The van der Waals surface area contributed by atoms with Crippen molar-refractivity contribution >= 4 is 0 Å². The van der Waals surface area contributed by atoms with Gasteiger partial charge in [0.2, 0.25) is 13.6 Å². The van der Waals surface area contributed by atoms with E-state index in [1.807, 2.05) is 18.2 Å². The molecule has 2 aliphatic rings. The molecule has 5 heteroatoms. The fourth-order valence-electron chi connectivity index (χ4n) is 3.06. The highest BCUT2D eigenvalue weighted by molar-refractivity contribution is 5.48. The second kappa shape index (κ2) is 5.91. The first kappa shape index (κ1) is 15.1. The molecule has 0 saturated carbocycles. The molecule has 0 spiro atoms. The van der Waals surface area contributed by atoms with Crippen molar-refractivity contribution in [3.63, 3.8) is 0 Å². The third kappa shape index (κ3) is 2.76. The zero-order valence-electron chi connectivity index (χ0n) is 13.9. The van der Waals surface area contributed by atoms with Gasteiger partial charge in [-0.15, -0.1) is 0 Å². The number of fused-ring (bicyclic) bond motifs is 2. The Labute approximate surface area is 141 Å². The van der Waals surface area contributed by atoms with Crippen LogP contribution >= 0.6 is 0 Å². The van der Waals surface area contributed by atoms with Gasteiger partial charge in [0.05, 0.1) is 0 Å². The van der Waals surface area contributed by atoms with Crippen LogP contribution in [0.15, 0.2) is 36.4 Å². The fraction of sp³-hybridized carbons (Fsp3) is 0.368. The lowest BCUT2D eigenvalue weighted by atomic mass is 9.84. The van der Waals surface area contributed by atoms with Crippen molar-refractivity contribution in [3.8, 4) is 23.0 Å². The molecule has 2 aromatic carbocycles. The maximum atomic E-state index is 5.55. The van der Waals surface area contributed by atoms with Gasteiger partial charge in [0, 0.05) is 24.1 Å². The highest BCUT2D eigenvalue weighted by Crippen LogP contribution is 2.37. The molecule has 5 nitrogen and oxygen atoms in total. The first-order valence-electron chi connectivity index (χ1n) is 8.12. The molecule has 2 heterocycles. The molecule has 0 bridgehead atoms. The standard InChI is InChI=1S/C19H21NO4/c1-19(2,14-6-7-15-17(8-14)23-11-21-15)10-20-9-13-4-3-5-16-18(13)24-12-22-16/h3-8,20H,9-12H2,1-2H3. The van der Waals surface area contributed by atoms with Gasteiger partial charge < -0.3 is 24.3 Å². The van der Waals surface area contributed by atoms with Crippen LogP contribution in [0.25, 0.3) is 0 Å². The lowest BCUT2D eigenvalue weighted by Crippen LogP contribution is -2.32. The second-order valence-corrected chi connectivity index (χ2v) is 6.71. The van der Waals surface area contributed by atoms with Crippen LogP contribution in [0.1, 0.15) is 25.0 Å². The van der Waals surface area contributed by atoms with Crippen molar-refractivity contribution < 1.29 is 18.9 Å². The molecule has 0 atom stereocenters. The van der Waals surface area contributed by atoms with Crippen LogP contribution in [0.4, 0.5) is 0 Å². The highest BCUT2D eigenvalue weighted by Gasteiger charge is 2.24. The summed E-state index contributed by atoms with van der Waals surface area (Å²) in [7, 11) is 0. The van der Waals surface area contributed by atoms with Crippen molar-refractivity contribution in [1.82, 2.24) is 5.32 Å². The Morgan fingerprint density at radius 2 is 1.71 bits per heavy atom. The molecule has 0 unspecified atom stereocenters. The average molecular weight is 327 g/mol. The summed E-state index contributed by atoms with van der Waals surface area (Å²) in [5, 5.41) is 3.53. The molecular formula is C19H21NO4. The first-order valence-corrected chi connectivity index (χ1v) is 8.12. The average Bonchev–Trinajstić information content (AvgIpc) is 3.23. The number of ether oxygens (including phenoxy) is 4. The Kier molecular flexibility index (Phi) is 3.73. The summed E-state index contributed by atoms with van der Waals surface area (Å²) in [6.07, 6.45) is 0. The number of rotatable bonds is 5. The number of hydrogen-bond donors (Lipinski definition) is 1. The zero-order chi connectivity index (χ0) is 16.6. The quantitative estimate of drug-likeness (QED) is 0.914. The summed E-state index contributed by atoms with van der Waals surface area (Å²) in [6, 6.07) is 12.1. The van der Waals surface area contributed by atoms with Crippen molar-refractivity contribution in [2.24, 2.45) is 0 Å². The van der Waals surface area contributed by atoms with Crippen molar-refractivity contribution in [2.75, 3.05) is 20.1 Å². The summed E-state index contributed by atoms with van der Waals surface area (Å²) in [5.74, 6) is 3.32. The molecule has 0 amide bonds. The van der Waals surface area contributed by atoms with E-state index in [4.69, 9.17) is 18.9 Å². The molecule has 4 rings (SSSR count). The number of nitrogens with one attached hydrogen (secondary N) is 1. The van der Waals surface area contributed by atoms with Gasteiger partial charge in [0.15, 0.2) is 23.0 Å². The van der Waals surface area contributed by atoms with Gasteiger partial charge in [0.1, 0.15) is 0 Å². The Morgan fingerprint density at radius 1 is 0.917 bits per heavy atom. The molecule has 0 saturated heterocycles. The molecule has 126 valence electrons. The van der Waals surface area contributed by atoms with Gasteiger partial charge in [-0.2, -0.15) is 0 Å². The van der Waals surface area contributed by atoms with E-state index in [0.717, 1.165) is 41.7 Å². The van der Waals surface area contributed by atoms with Crippen LogP contribution in [0.3, 0.4) is 0 Å². The maximum Gasteiger partial charge on any atom is 0.231 e. The number of benzene rings is 2. The Hall–Kier alpha value is -2.40. The highest BCUT2D eigenvalue weighted by atomic mass is 16.7. The SMILES string of the molecule is CC(C)(CNCc1cccc2c1OCO2)c1ccc2c(c1)OCO2. The first-order chi connectivity index (χ1) is 11.6. The number of para-hydroxylation sites is 1. The Bertz CT molecular complexity index is 757. The lowest BCUT2D eigenvalue weighted by molar-refractivity contribution is 0.173. The minimum Gasteiger partial charge on any atom is -0.454 e. The minimum atomic E-state index is -0.0315.